The molecule has 0 aliphatic heterocycles. The second kappa shape index (κ2) is 1.69. The summed E-state index contributed by atoms with van der Waals surface area (Å²) in [6.07, 6.45) is 4.45. The molecule has 0 fully saturated rings. The van der Waals surface area contributed by atoms with Crippen LogP contribution in [0.1, 0.15) is 0 Å². The molecule has 7 heavy (non-hydrogen) atoms. The van der Waals surface area contributed by atoms with E-state index in [1.165, 1.54) is 12.1 Å². The average Bonchev–Trinajstić information content (AvgIpc) is 1.69. The molecule has 1 aromatic heterocycles. The van der Waals surface area contributed by atoms with Gasteiger partial charge in [0.25, 0.3) is 0 Å². The second-order valence-electron chi connectivity index (χ2n) is 1.03. The summed E-state index contributed by atoms with van der Waals surface area (Å²) < 4.78 is 11.8. The van der Waals surface area contributed by atoms with E-state index in [0.717, 1.165) is 0 Å². The van der Waals surface area contributed by atoms with Crippen molar-refractivity contribution in [2.45, 2.75) is 0 Å². The zero-order valence-electron chi connectivity index (χ0n) is 3.48. The summed E-state index contributed by atoms with van der Waals surface area (Å²) >= 11 is 0. The summed E-state index contributed by atoms with van der Waals surface area (Å²) in [5.74, 6) is -0.446. The fourth-order valence-corrected chi connectivity index (χ4v) is 0.271. The Morgan fingerprint density at radius 3 is 2.86 bits per heavy atom. The molecule has 0 spiro atoms. The van der Waals surface area contributed by atoms with Gasteiger partial charge in [-0.1, -0.05) is 0 Å². The van der Waals surface area contributed by atoms with Gasteiger partial charge < -0.3 is 0 Å². The topological polar surface area (TPSA) is 12.9 Å². The molecule has 34 valence electrons. The van der Waals surface area contributed by atoms with Gasteiger partial charge in [-0.25, -0.2) is 9.37 Å². The van der Waals surface area contributed by atoms with Crippen LogP contribution in [0.3, 0.4) is 0 Å². The molecular formula is C5H2FN. The molecule has 2 heteroatoms. The zero-order chi connectivity index (χ0) is 5.11. The van der Waals surface area contributed by atoms with Crippen LogP contribution < -0.4 is 0 Å². The van der Waals surface area contributed by atoms with Crippen molar-refractivity contribution in [1.29, 1.82) is 0 Å². The van der Waals surface area contributed by atoms with Crippen LogP contribution in [-0.4, -0.2) is 4.98 Å². The molecule has 0 bridgehead atoms. The summed E-state index contributed by atoms with van der Waals surface area (Å²) in [5.41, 5.74) is 0. The van der Waals surface area contributed by atoms with E-state index in [1.54, 1.807) is 0 Å². The third-order valence-electron chi connectivity index (χ3n) is 0.531. The highest BCUT2D eigenvalue weighted by Crippen LogP contribution is 1.86. The summed E-state index contributed by atoms with van der Waals surface area (Å²) in [5, 5.41) is 0. The summed E-state index contributed by atoms with van der Waals surface area (Å²) in [4.78, 5) is 3.26. The fraction of sp³-hybridized carbons (Fsp3) is 0. The Balaban J connectivity index is 3.02. The second-order valence-corrected chi connectivity index (χ2v) is 1.03. The van der Waals surface area contributed by atoms with E-state index in [2.05, 4.69) is 17.4 Å². The van der Waals surface area contributed by atoms with E-state index >= 15 is 0 Å². The van der Waals surface area contributed by atoms with Gasteiger partial charge in [-0.2, -0.15) is 0 Å². The molecule has 0 aromatic carbocycles. The predicted molar refractivity (Wildman–Crippen MR) is 21.9 cm³/mol. The van der Waals surface area contributed by atoms with Crippen molar-refractivity contribution in [3.8, 4) is 0 Å². The van der Waals surface area contributed by atoms with Crippen molar-refractivity contribution in [3.63, 3.8) is 0 Å². The summed E-state index contributed by atoms with van der Waals surface area (Å²) in [6, 6.07) is 2.64. The smallest absolute Gasteiger partial charge is 0.151 e. The molecule has 0 atom stereocenters. The van der Waals surface area contributed by atoms with Crippen molar-refractivity contribution in [3.05, 3.63) is 30.3 Å². The number of hydrogen-bond donors (Lipinski definition) is 0. The Labute approximate surface area is 40.8 Å². The minimum atomic E-state index is -0.446. The minimum Gasteiger partial charge on any atom is -0.241 e. The first kappa shape index (κ1) is 4.24. The van der Waals surface area contributed by atoms with Gasteiger partial charge in [-0.05, 0) is 12.1 Å². The Kier molecular flexibility index (Phi) is 1.02. The van der Waals surface area contributed by atoms with E-state index in [1.807, 2.05) is 0 Å². The maximum Gasteiger partial charge on any atom is 0.151 e. The van der Waals surface area contributed by atoms with Crippen LogP contribution in [0.25, 0.3) is 0 Å². The van der Waals surface area contributed by atoms with E-state index < -0.39 is 5.82 Å². The van der Waals surface area contributed by atoms with Gasteiger partial charge >= 0.3 is 0 Å². The summed E-state index contributed by atoms with van der Waals surface area (Å²) in [6.45, 7) is 0. The summed E-state index contributed by atoms with van der Waals surface area (Å²) in [7, 11) is 0. The lowest BCUT2D eigenvalue weighted by Gasteiger charge is -1.75. The highest BCUT2D eigenvalue weighted by molar-refractivity contribution is 4.89. The first-order valence-corrected chi connectivity index (χ1v) is 1.80. The maximum absolute atomic E-state index is 11.8. The molecule has 0 N–H and O–H groups in total. The lowest BCUT2D eigenvalue weighted by molar-refractivity contribution is 0.618. The predicted octanol–water partition coefficient (Wildman–Crippen LogP) is 0.821. The van der Waals surface area contributed by atoms with Gasteiger partial charge in [-0.15, -0.1) is 0 Å². The Hall–Kier alpha value is -0.920. The Bertz CT molecular complexity index is 138. The van der Waals surface area contributed by atoms with Gasteiger partial charge in [0.1, 0.15) is 6.20 Å². The molecule has 1 rings (SSSR count). The van der Waals surface area contributed by atoms with Gasteiger partial charge in [-0.3, -0.25) is 0 Å². The molecule has 0 saturated carbocycles. The lowest BCUT2D eigenvalue weighted by atomic mass is 10.5. The van der Waals surface area contributed by atoms with Gasteiger partial charge in [0.2, 0.25) is 0 Å². The SMILES string of the molecule is Fc1[c]n[c]cc1. The first-order chi connectivity index (χ1) is 3.39. The highest BCUT2D eigenvalue weighted by Gasteiger charge is 1.80. The van der Waals surface area contributed by atoms with E-state index in [4.69, 9.17) is 0 Å². The zero-order valence-corrected chi connectivity index (χ0v) is 3.48. The Morgan fingerprint density at radius 2 is 2.57 bits per heavy atom. The largest absolute Gasteiger partial charge is 0.241 e. The number of pyridine rings is 1. The van der Waals surface area contributed by atoms with Gasteiger partial charge in [0, 0.05) is 0 Å². The van der Waals surface area contributed by atoms with Crippen LogP contribution >= 0.6 is 0 Å². The van der Waals surface area contributed by atoms with Crippen LogP contribution in [0.2, 0.25) is 0 Å². The van der Waals surface area contributed by atoms with E-state index in [9.17, 15) is 4.39 Å². The number of halogens is 1. The van der Waals surface area contributed by atoms with Gasteiger partial charge in [0.15, 0.2) is 5.82 Å². The molecule has 0 saturated heterocycles. The molecule has 0 amide bonds. The Morgan fingerprint density at radius 1 is 1.71 bits per heavy atom. The number of aromatic nitrogens is 1. The van der Waals surface area contributed by atoms with Gasteiger partial charge in [0.05, 0.1) is 6.20 Å². The molecule has 0 aliphatic carbocycles. The number of rotatable bonds is 0. The lowest BCUT2D eigenvalue weighted by Crippen LogP contribution is -1.72. The highest BCUT2D eigenvalue weighted by atomic mass is 19.1. The normalized spacial score (nSPS) is 8.71. The minimum absolute atomic E-state index is 0.446. The van der Waals surface area contributed by atoms with Crippen LogP contribution in [0.5, 0.6) is 0 Å². The van der Waals surface area contributed by atoms with Crippen molar-refractivity contribution >= 4 is 0 Å². The van der Waals surface area contributed by atoms with Crippen LogP contribution in [0, 0.1) is 18.2 Å². The standard InChI is InChI=1S/C5H2FN/c6-5-2-1-3-7-4-5/h1-2H. The van der Waals surface area contributed by atoms with Crippen LogP contribution in [0.15, 0.2) is 12.1 Å². The molecule has 1 nitrogen and oxygen atoms in total. The third kappa shape index (κ3) is 0.961. The number of nitrogens with zero attached hydrogens (tertiary/aromatic N) is 1. The van der Waals surface area contributed by atoms with Crippen molar-refractivity contribution in [2.75, 3.05) is 0 Å². The van der Waals surface area contributed by atoms with E-state index in [-0.39, 0.29) is 0 Å². The molecule has 0 unspecified atom stereocenters. The fourth-order valence-electron chi connectivity index (χ4n) is 0.271. The molecule has 0 aliphatic rings. The van der Waals surface area contributed by atoms with Crippen molar-refractivity contribution < 1.29 is 4.39 Å². The monoisotopic (exact) mass is 95.0 g/mol. The van der Waals surface area contributed by atoms with Crippen LogP contribution in [-0.2, 0) is 0 Å². The first-order valence-electron chi connectivity index (χ1n) is 1.80. The van der Waals surface area contributed by atoms with Crippen molar-refractivity contribution in [2.24, 2.45) is 0 Å². The van der Waals surface area contributed by atoms with E-state index in [0.29, 0.717) is 0 Å². The quantitative estimate of drug-likeness (QED) is 0.465. The molecular weight excluding hydrogens is 93.1 g/mol. The van der Waals surface area contributed by atoms with Crippen LogP contribution in [0.4, 0.5) is 4.39 Å². The molecule has 2 radical (unpaired) electrons. The average molecular weight is 95.1 g/mol. The number of hydrogen-bond acceptors (Lipinski definition) is 1. The molecule has 1 aromatic rings. The van der Waals surface area contributed by atoms with Crippen molar-refractivity contribution in [1.82, 2.24) is 4.98 Å². The molecule has 1 heterocycles. The third-order valence-corrected chi connectivity index (χ3v) is 0.531. The maximum atomic E-state index is 11.8.